The van der Waals surface area contributed by atoms with Crippen LogP contribution in [0.4, 0.5) is 0 Å². The quantitative estimate of drug-likeness (QED) is 0.636. The van der Waals surface area contributed by atoms with Crippen molar-refractivity contribution in [2.75, 3.05) is 14.2 Å². The number of H-pyrrole nitrogens is 1. The molecule has 25 heavy (non-hydrogen) atoms. The van der Waals surface area contributed by atoms with Crippen molar-refractivity contribution in [3.8, 4) is 11.5 Å². The minimum atomic E-state index is -0.467. The summed E-state index contributed by atoms with van der Waals surface area (Å²) in [6.45, 7) is 0. The number of amides is 2. The third-order valence-electron chi connectivity index (χ3n) is 3.71. The van der Waals surface area contributed by atoms with Crippen LogP contribution in [0.5, 0.6) is 11.5 Å². The molecule has 128 valence electrons. The van der Waals surface area contributed by atoms with Gasteiger partial charge in [0.25, 0.3) is 11.8 Å². The topological polar surface area (TPSA) is 92.5 Å². The van der Waals surface area contributed by atoms with Crippen molar-refractivity contribution in [2.24, 2.45) is 0 Å². The molecule has 0 unspecified atom stereocenters. The summed E-state index contributed by atoms with van der Waals surface area (Å²) in [5.41, 5.74) is 6.29. The van der Waals surface area contributed by atoms with Crippen LogP contribution in [0.2, 0.25) is 0 Å². The van der Waals surface area contributed by atoms with Gasteiger partial charge in [0.15, 0.2) is 11.5 Å². The fourth-order valence-corrected chi connectivity index (χ4v) is 2.43. The first-order valence-electron chi connectivity index (χ1n) is 7.53. The van der Waals surface area contributed by atoms with Gasteiger partial charge in [0.2, 0.25) is 0 Å². The molecule has 3 rings (SSSR count). The number of nitrogens with one attached hydrogen (secondary N) is 3. The molecule has 0 fully saturated rings. The first-order valence-corrected chi connectivity index (χ1v) is 7.53. The smallest absolute Gasteiger partial charge is 0.286 e. The molecule has 2 aromatic carbocycles. The lowest BCUT2D eigenvalue weighted by Crippen LogP contribution is -2.41. The summed E-state index contributed by atoms with van der Waals surface area (Å²) in [6.07, 6.45) is 0. The van der Waals surface area contributed by atoms with Gasteiger partial charge >= 0.3 is 0 Å². The van der Waals surface area contributed by atoms with Crippen LogP contribution in [0.25, 0.3) is 10.9 Å². The van der Waals surface area contributed by atoms with Crippen LogP contribution in [0.1, 0.15) is 20.8 Å². The molecule has 7 nitrogen and oxygen atoms in total. The minimum Gasteiger partial charge on any atom is -0.493 e. The van der Waals surface area contributed by atoms with Gasteiger partial charge in [-0.15, -0.1) is 0 Å². The van der Waals surface area contributed by atoms with Crippen LogP contribution >= 0.6 is 0 Å². The molecular weight excluding hydrogens is 322 g/mol. The molecule has 3 aromatic rings. The summed E-state index contributed by atoms with van der Waals surface area (Å²) < 4.78 is 10.3. The Kier molecular flexibility index (Phi) is 4.56. The van der Waals surface area contributed by atoms with Crippen LogP contribution in [-0.2, 0) is 0 Å². The molecule has 0 bridgehead atoms. The number of hydrogen-bond acceptors (Lipinski definition) is 4. The molecule has 0 radical (unpaired) electrons. The zero-order valence-electron chi connectivity index (χ0n) is 13.8. The summed E-state index contributed by atoms with van der Waals surface area (Å²) in [7, 11) is 3.00. The molecule has 0 aliphatic heterocycles. The van der Waals surface area contributed by atoms with Crippen LogP contribution in [0.15, 0.2) is 48.5 Å². The number of aromatic nitrogens is 1. The largest absolute Gasteiger partial charge is 0.493 e. The molecule has 0 atom stereocenters. The Morgan fingerprint density at radius 1 is 0.880 bits per heavy atom. The first kappa shape index (κ1) is 16.4. The van der Waals surface area contributed by atoms with E-state index in [4.69, 9.17) is 9.47 Å². The van der Waals surface area contributed by atoms with Crippen molar-refractivity contribution in [1.29, 1.82) is 0 Å². The summed E-state index contributed by atoms with van der Waals surface area (Å²) in [6, 6.07) is 14.0. The monoisotopic (exact) mass is 339 g/mol. The summed E-state index contributed by atoms with van der Waals surface area (Å²) in [5.74, 6) is 0.0358. The van der Waals surface area contributed by atoms with Gasteiger partial charge in [0, 0.05) is 16.5 Å². The first-order chi connectivity index (χ1) is 12.1. The third-order valence-corrected chi connectivity index (χ3v) is 3.71. The SMILES string of the molecule is COc1ccc(C(=O)NNC(=O)c2cc3ccccc3[nH]2)cc1OC. The van der Waals surface area contributed by atoms with E-state index in [0.717, 1.165) is 10.9 Å². The second-order valence-electron chi connectivity index (χ2n) is 5.25. The number of carbonyl (C=O) groups excluding carboxylic acids is 2. The molecule has 1 heterocycles. The van der Waals surface area contributed by atoms with Gasteiger partial charge in [-0.2, -0.15) is 0 Å². The van der Waals surface area contributed by atoms with Crippen molar-refractivity contribution >= 4 is 22.7 Å². The van der Waals surface area contributed by atoms with Crippen LogP contribution in [-0.4, -0.2) is 31.0 Å². The molecule has 2 amide bonds. The maximum Gasteiger partial charge on any atom is 0.286 e. The zero-order chi connectivity index (χ0) is 17.8. The van der Waals surface area contributed by atoms with E-state index in [1.807, 2.05) is 24.3 Å². The van der Waals surface area contributed by atoms with Crippen molar-refractivity contribution in [3.63, 3.8) is 0 Å². The van der Waals surface area contributed by atoms with Crippen molar-refractivity contribution in [2.45, 2.75) is 0 Å². The van der Waals surface area contributed by atoms with Gasteiger partial charge in [-0.1, -0.05) is 18.2 Å². The molecule has 0 aliphatic carbocycles. The number of ether oxygens (including phenoxy) is 2. The molecule has 3 N–H and O–H groups in total. The highest BCUT2D eigenvalue weighted by Gasteiger charge is 2.13. The predicted octanol–water partition coefficient (Wildman–Crippen LogP) is 2.26. The normalized spacial score (nSPS) is 10.3. The number of hydrogen-bond donors (Lipinski definition) is 3. The summed E-state index contributed by atoms with van der Waals surface area (Å²) in [4.78, 5) is 27.4. The van der Waals surface area contributed by atoms with E-state index in [0.29, 0.717) is 22.8 Å². The highest BCUT2D eigenvalue weighted by Crippen LogP contribution is 2.27. The number of para-hydroxylation sites is 1. The van der Waals surface area contributed by atoms with Crippen molar-refractivity contribution in [1.82, 2.24) is 15.8 Å². The highest BCUT2D eigenvalue weighted by atomic mass is 16.5. The Balaban J connectivity index is 1.68. The predicted molar refractivity (Wildman–Crippen MR) is 92.8 cm³/mol. The van der Waals surface area contributed by atoms with E-state index >= 15 is 0 Å². The molecule has 1 aromatic heterocycles. The number of benzene rings is 2. The number of fused-ring (bicyclic) bond motifs is 1. The Hall–Kier alpha value is -3.48. The Morgan fingerprint density at radius 2 is 1.60 bits per heavy atom. The van der Waals surface area contributed by atoms with Crippen LogP contribution < -0.4 is 20.3 Å². The maximum absolute atomic E-state index is 12.2. The maximum atomic E-state index is 12.2. The van der Waals surface area contributed by atoms with E-state index in [-0.39, 0.29) is 0 Å². The second kappa shape index (κ2) is 6.96. The number of rotatable bonds is 4. The lowest BCUT2D eigenvalue weighted by molar-refractivity contribution is 0.0844. The number of methoxy groups -OCH3 is 2. The van der Waals surface area contributed by atoms with Gasteiger partial charge in [-0.05, 0) is 30.3 Å². The Bertz CT molecular complexity index is 900. The standard InChI is InChI=1S/C18H17N3O4/c1-24-15-8-7-12(10-16(15)25-2)17(22)20-21-18(23)14-9-11-5-3-4-6-13(11)19-14/h3-10,19H,1-2H3,(H,20,22)(H,21,23). The van der Waals surface area contributed by atoms with Gasteiger partial charge < -0.3 is 14.5 Å². The van der Waals surface area contributed by atoms with Crippen LogP contribution in [0.3, 0.4) is 0 Å². The van der Waals surface area contributed by atoms with Gasteiger partial charge in [0.05, 0.1) is 14.2 Å². The van der Waals surface area contributed by atoms with E-state index in [1.54, 1.807) is 18.2 Å². The third kappa shape index (κ3) is 3.40. The van der Waals surface area contributed by atoms with Crippen molar-refractivity contribution in [3.05, 3.63) is 59.8 Å². The van der Waals surface area contributed by atoms with Gasteiger partial charge in [-0.3, -0.25) is 20.4 Å². The molecule has 0 aliphatic rings. The van der Waals surface area contributed by atoms with E-state index in [2.05, 4.69) is 15.8 Å². The van der Waals surface area contributed by atoms with Crippen molar-refractivity contribution < 1.29 is 19.1 Å². The zero-order valence-corrected chi connectivity index (χ0v) is 13.8. The molecule has 0 spiro atoms. The minimum absolute atomic E-state index is 0.328. The summed E-state index contributed by atoms with van der Waals surface area (Å²) >= 11 is 0. The average Bonchev–Trinajstić information content (AvgIpc) is 3.09. The van der Waals surface area contributed by atoms with Crippen LogP contribution in [0, 0.1) is 0 Å². The highest BCUT2D eigenvalue weighted by molar-refractivity contribution is 6.01. The summed E-state index contributed by atoms with van der Waals surface area (Å²) in [5, 5.41) is 0.916. The molecular formula is C18H17N3O4. The van der Waals surface area contributed by atoms with E-state index < -0.39 is 11.8 Å². The number of aromatic amines is 1. The lowest BCUT2D eigenvalue weighted by atomic mass is 10.2. The second-order valence-corrected chi connectivity index (χ2v) is 5.25. The number of hydrazine groups is 1. The molecule has 0 saturated carbocycles. The van der Waals surface area contributed by atoms with E-state index in [1.165, 1.54) is 20.3 Å². The molecule has 0 saturated heterocycles. The number of carbonyl (C=O) groups is 2. The molecule has 7 heteroatoms. The lowest BCUT2D eigenvalue weighted by Gasteiger charge is -2.10. The van der Waals surface area contributed by atoms with Gasteiger partial charge in [0.1, 0.15) is 5.69 Å². The van der Waals surface area contributed by atoms with E-state index in [9.17, 15) is 9.59 Å². The Morgan fingerprint density at radius 3 is 2.32 bits per heavy atom. The fraction of sp³-hybridized carbons (Fsp3) is 0.111. The average molecular weight is 339 g/mol. The van der Waals surface area contributed by atoms with Gasteiger partial charge in [-0.25, -0.2) is 0 Å². The fourth-order valence-electron chi connectivity index (χ4n) is 2.43. The Labute approximate surface area is 143 Å².